The van der Waals surface area contributed by atoms with Crippen LogP contribution in [0.1, 0.15) is 36.2 Å². The van der Waals surface area contributed by atoms with Gasteiger partial charge in [-0.05, 0) is 25.0 Å². The molecule has 0 spiro atoms. The maximum Gasteiger partial charge on any atom is 0.272 e. The van der Waals surface area contributed by atoms with E-state index in [-0.39, 0.29) is 5.91 Å². The van der Waals surface area contributed by atoms with Crippen LogP contribution in [0.3, 0.4) is 0 Å². The van der Waals surface area contributed by atoms with Gasteiger partial charge in [0.1, 0.15) is 5.69 Å². The number of pyridine rings is 1. The number of ether oxygens (including phenoxy) is 1. The van der Waals surface area contributed by atoms with Crippen LogP contribution in [0.4, 0.5) is 5.69 Å². The number of aromatic nitrogens is 1. The molecule has 0 atom stereocenters. The third-order valence-corrected chi connectivity index (χ3v) is 4.24. The van der Waals surface area contributed by atoms with Gasteiger partial charge in [0.25, 0.3) is 5.91 Å². The van der Waals surface area contributed by atoms with Crippen LogP contribution in [-0.2, 0) is 4.74 Å². The molecule has 1 amide bonds. The van der Waals surface area contributed by atoms with Gasteiger partial charge in [0.05, 0.1) is 25.1 Å². The molecule has 5 heteroatoms. The molecule has 0 aromatic carbocycles. The van der Waals surface area contributed by atoms with Gasteiger partial charge in [0, 0.05) is 26.2 Å². The van der Waals surface area contributed by atoms with E-state index < -0.39 is 0 Å². The van der Waals surface area contributed by atoms with Crippen molar-refractivity contribution in [3.63, 3.8) is 0 Å². The van der Waals surface area contributed by atoms with Gasteiger partial charge < -0.3 is 14.5 Å². The molecule has 0 bridgehead atoms. The minimum Gasteiger partial charge on any atom is -0.378 e. The lowest BCUT2D eigenvalue weighted by Crippen LogP contribution is -2.41. The quantitative estimate of drug-likeness (QED) is 0.834. The molecule has 3 rings (SSSR count). The summed E-state index contributed by atoms with van der Waals surface area (Å²) >= 11 is 0. The van der Waals surface area contributed by atoms with Gasteiger partial charge in [-0.2, -0.15) is 0 Å². The summed E-state index contributed by atoms with van der Waals surface area (Å²) in [5, 5.41) is 0. The van der Waals surface area contributed by atoms with E-state index in [1.807, 2.05) is 23.2 Å². The molecule has 2 aliphatic rings. The third kappa shape index (κ3) is 3.53. The van der Waals surface area contributed by atoms with E-state index in [0.717, 1.165) is 18.8 Å². The van der Waals surface area contributed by atoms with E-state index >= 15 is 0 Å². The van der Waals surface area contributed by atoms with Crippen LogP contribution in [0.25, 0.3) is 0 Å². The second-order valence-corrected chi connectivity index (χ2v) is 5.71. The molecule has 2 aliphatic heterocycles. The average molecular weight is 289 g/mol. The van der Waals surface area contributed by atoms with Crippen molar-refractivity contribution < 1.29 is 9.53 Å². The van der Waals surface area contributed by atoms with Crippen molar-refractivity contribution in [2.45, 2.75) is 25.7 Å². The number of amides is 1. The van der Waals surface area contributed by atoms with Gasteiger partial charge >= 0.3 is 0 Å². The molecular weight excluding hydrogens is 266 g/mol. The predicted molar refractivity (Wildman–Crippen MR) is 81.6 cm³/mol. The first-order chi connectivity index (χ1) is 10.3. The normalized spacial score (nSPS) is 20.2. The van der Waals surface area contributed by atoms with Crippen molar-refractivity contribution in [2.75, 3.05) is 44.3 Å². The summed E-state index contributed by atoms with van der Waals surface area (Å²) < 4.78 is 5.28. The SMILES string of the molecule is O=C(c1ccc(N2CCCCCC2)cn1)N1CCOCC1. The third-order valence-electron chi connectivity index (χ3n) is 4.24. The van der Waals surface area contributed by atoms with E-state index in [4.69, 9.17) is 4.74 Å². The molecular formula is C16H23N3O2. The molecule has 0 radical (unpaired) electrons. The van der Waals surface area contributed by atoms with Crippen molar-refractivity contribution in [1.29, 1.82) is 0 Å². The highest BCUT2D eigenvalue weighted by Gasteiger charge is 2.20. The molecule has 2 saturated heterocycles. The zero-order valence-corrected chi connectivity index (χ0v) is 12.5. The minimum absolute atomic E-state index is 0.0146. The number of morpholine rings is 1. The molecule has 0 unspecified atom stereocenters. The highest BCUT2D eigenvalue weighted by Crippen LogP contribution is 2.19. The molecule has 5 nitrogen and oxygen atoms in total. The maximum atomic E-state index is 12.3. The Labute approximate surface area is 125 Å². The first kappa shape index (κ1) is 14.3. The van der Waals surface area contributed by atoms with E-state index in [9.17, 15) is 4.79 Å². The van der Waals surface area contributed by atoms with Gasteiger partial charge in [0.15, 0.2) is 0 Å². The second kappa shape index (κ2) is 6.89. The Bertz CT molecular complexity index is 461. The Morgan fingerprint density at radius 2 is 1.71 bits per heavy atom. The number of hydrogen-bond donors (Lipinski definition) is 0. The summed E-state index contributed by atoms with van der Waals surface area (Å²) in [4.78, 5) is 20.9. The zero-order chi connectivity index (χ0) is 14.5. The summed E-state index contributed by atoms with van der Waals surface area (Å²) in [6.07, 6.45) is 6.97. The van der Waals surface area contributed by atoms with Crippen LogP contribution in [0.15, 0.2) is 18.3 Å². The van der Waals surface area contributed by atoms with Gasteiger partial charge in [-0.25, -0.2) is 4.98 Å². The number of hydrogen-bond acceptors (Lipinski definition) is 4. The second-order valence-electron chi connectivity index (χ2n) is 5.71. The van der Waals surface area contributed by atoms with E-state index in [0.29, 0.717) is 32.0 Å². The number of anilines is 1. The number of rotatable bonds is 2. The summed E-state index contributed by atoms with van der Waals surface area (Å²) in [5.41, 5.74) is 1.67. The molecule has 1 aromatic heterocycles. The van der Waals surface area contributed by atoms with E-state index in [2.05, 4.69) is 9.88 Å². The summed E-state index contributed by atoms with van der Waals surface area (Å²) in [6, 6.07) is 3.89. The lowest BCUT2D eigenvalue weighted by atomic mass is 10.2. The molecule has 0 saturated carbocycles. The van der Waals surface area contributed by atoms with Crippen LogP contribution in [0, 0.1) is 0 Å². The Morgan fingerprint density at radius 3 is 2.33 bits per heavy atom. The highest BCUT2D eigenvalue weighted by atomic mass is 16.5. The van der Waals surface area contributed by atoms with Gasteiger partial charge in [-0.1, -0.05) is 12.8 Å². The standard InChI is InChI=1S/C16H23N3O2/c20-16(19-9-11-21-12-10-19)15-6-5-14(13-17-15)18-7-3-1-2-4-8-18/h5-6,13H,1-4,7-12H2. The molecule has 0 aliphatic carbocycles. The zero-order valence-electron chi connectivity index (χ0n) is 12.5. The summed E-state index contributed by atoms with van der Waals surface area (Å²) in [5.74, 6) is 0.0146. The Morgan fingerprint density at radius 1 is 1.00 bits per heavy atom. The fourth-order valence-electron chi connectivity index (χ4n) is 2.96. The van der Waals surface area contributed by atoms with Crippen molar-refractivity contribution in [2.24, 2.45) is 0 Å². The Hall–Kier alpha value is -1.62. The first-order valence-corrected chi connectivity index (χ1v) is 7.92. The van der Waals surface area contributed by atoms with Crippen LogP contribution < -0.4 is 4.90 Å². The van der Waals surface area contributed by atoms with E-state index in [1.165, 1.54) is 25.7 Å². The largest absolute Gasteiger partial charge is 0.378 e. The minimum atomic E-state index is 0.0146. The molecule has 0 N–H and O–H groups in total. The lowest BCUT2D eigenvalue weighted by Gasteiger charge is -2.27. The Balaban J connectivity index is 1.66. The molecule has 1 aromatic rings. The smallest absolute Gasteiger partial charge is 0.272 e. The monoisotopic (exact) mass is 289 g/mol. The highest BCUT2D eigenvalue weighted by molar-refractivity contribution is 5.92. The van der Waals surface area contributed by atoms with Crippen molar-refractivity contribution in [1.82, 2.24) is 9.88 Å². The first-order valence-electron chi connectivity index (χ1n) is 7.92. The van der Waals surface area contributed by atoms with Crippen molar-refractivity contribution >= 4 is 11.6 Å². The van der Waals surface area contributed by atoms with Gasteiger partial charge in [-0.15, -0.1) is 0 Å². The van der Waals surface area contributed by atoms with Crippen LogP contribution >= 0.6 is 0 Å². The number of carbonyl (C=O) groups excluding carboxylic acids is 1. The summed E-state index contributed by atoms with van der Waals surface area (Å²) in [7, 11) is 0. The van der Waals surface area contributed by atoms with Crippen LogP contribution in [0.5, 0.6) is 0 Å². The summed E-state index contributed by atoms with van der Waals surface area (Å²) in [6.45, 7) is 4.76. The molecule has 21 heavy (non-hydrogen) atoms. The van der Waals surface area contributed by atoms with Crippen molar-refractivity contribution in [3.05, 3.63) is 24.0 Å². The fourth-order valence-corrected chi connectivity index (χ4v) is 2.96. The van der Waals surface area contributed by atoms with Gasteiger partial charge in [-0.3, -0.25) is 4.79 Å². The van der Waals surface area contributed by atoms with E-state index in [1.54, 1.807) is 0 Å². The molecule has 114 valence electrons. The lowest BCUT2D eigenvalue weighted by molar-refractivity contribution is 0.0299. The van der Waals surface area contributed by atoms with Crippen LogP contribution in [0.2, 0.25) is 0 Å². The van der Waals surface area contributed by atoms with Crippen LogP contribution in [-0.4, -0.2) is 55.2 Å². The van der Waals surface area contributed by atoms with Crippen molar-refractivity contribution in [3.8, 4) is 0 Å². The molecule has 3 heterocycles. The number of carbonyl (C=O) groups is 1. The Kier molecular flexibility index (Phi) is 4.70. The molecule has 2 fully saturated rings. The average Bonchev–Trinajstić information content (AvgIpc) is 2.84. The van der Waals surface area contributed by atoms with Gasteiger partial charge in [0.2, 0.25) is 0 Å². The topological polar surface area (TPSA) is 45.7 Å². The number of nitrogens with zero attached hydrogens (tertiary/aromatic N) is 3. The maximum absolute atomic E-state index is 12.3. The fraction of sp³-hybridized carbons (Fsp3) is 0.625. The predicted octanol–water partition coefficient (Wildman–Crippen LogP) is 1.93.